The average Bonchev–Trinajstić information content (AvgIpc) is 2.59. The van der Waals surface area contributed by atoms with E-state index in [2.05, 4.69) is 10.3 Å². The number of aromatic nitrogens is 2. The van der Waals surface area contributed by atoms with Crippen molar-refractivity contribution >= 4 is 23.2 Å². The van der Waals surface area contributed by atoms with Gasteiger partial charge in [0.1, 0.15) is 12.4 Å². The van der Waals surface area contributed by atoms with Crippen LogP contribution in [-0.2, 0) is 11.3 Å². The maximum absolute atomic E-state index is 13.8. The van der Waals surface area contributed by atoms with Crippen molar-refractivity contribution in [3.63, 3.8) is 0 Å². The molecule has 0 bridgehead atoms. The maximum Gasteiger partial charge on any atom is 0.254 e. The van der Waals surface area contributed by atoms with Crippen molar-refractivity contribution < 1.29 is 9.18 Å². The van der Waals surface area contributed by atoms with Gasteiger partial charge >= 0.3 is 0 Å². The van der Waals surface area contributed by atoms with Crippen LogP contribution in [0.2, 0.25) is 5.02 Å². The number of carbonyl (C=O) groups excluding carboxylic acids is 1. The first-order valence-corrected chi connectivity index (χ1v) is 7.77. The molecule has 0 aliphatic heterocycles. The number of hydrogen-bond acceptors (Lipinski definition) is 3. The third-order valence-electron chi connectivity index (χ3n) is 3.47. The zero-order valence-electron chi connectivity index (χ0n) is 12.9. The quantitative estimate of drug-likeness (QED) is 0.778. The highest BCUT2D eigenvalue weighted by atomic mass is 35.5. The SMILES string of the molecule is O=C(Cn1cnc(-c2ccccc2F)cc1=O)Nc1ccc(Cl)cc1. The molecule has 0 atom stereocenters. The smallest absolute Gasteiger partial charge is 0.254 e. The Kier molecular flexibility index (Phi) is 4.90. The minimum atomic E-state index is -0.465. The van der Waals surface area contributed by atoms with Gasteiger partial charge in [0.25, 0.3) is 5.56 Å². The molecule has 3 rings (SSSR count). The molecule has 0 aliphatic rings. The Hall–Kier alpha value is -2.99. The third kappa shape index (κ3) is 4.10. The van der Waals surface area contributed by atoms with E-state index >= 15 is 0 Å². The molecule has 1 N–H and O–H groups in total. The summed E-state index contributed by atoms with van der Waals surface area (Å²) in [5.74, 6) is -0.850. The number of amides is 1. The lowest BCUT2D eigenvalue weighted by Gasteiger charge is -2.08. The van der Waals surface area contributed by atoms with Crippen LogP contribution in [0, 0.1) is 5.82 Å². The fourth-order valence-corrected chi connectivity index (χ4v) is 2.38. The molecule has 1 heterocycles. The Morgan fingerprint density at radius 2 is 1.88 bits per heavy atom. The second-order valence-corrected chi connectivity index (χ2v) is 5.71. The Labute approximate surface area is 147 Å². The highest BCUT2D eigenvalue weighted by molar-refractivity contribution is 6.30. The molecular weight excluding hydrogens is 345 g/mol. The molecule has 1 aromatic heterocycles. The van der Waals surface area contributed by atoms with Gasteiger partial charge in [0.2, 0.25) is 5.91 Å². The largest absolute Gasteiger partial charge is 0.325 e. The zero-order valence-corrected chi connectivity index (χ0v) is 13.7. The van der Waals surface area contributed by atoms with Crippen LogP contribution in [0.3, 0.4) is 0 Å². The van der Waals surface area contributed by atoms with Crippen molar-refractivity contribution in [1.29, 1.82) is 0 Å². The van der Waals surface area contributed by atoms with Gasteiger partial charge in [-0.05, 0) is 36.4 Å². The maximum atomic E-state index is 13.8. The molecule has 126 valence electrons. The molecule has 0 radical (unpaired) electrons. The molecule has 5 nitrogen and oxygen atoms in total. The van der Waals surface area contributed by atoms with Gasteiger partial charge in [0, 0.05) is 22.3 Å². The molecule has 0 fully saturated rings. The van der Waals surface area contributed by atoms with Gasteiger partial charge in [-0.25, -0.2) is 9.37 Å². The van der Waals surface area contributed by atoms with Gasteiger partial charge in [-0.3, -0.25) is 14.2 Å². The summed E-state index contributed by atoms with van der Waals surface area (Å²) in [6.07, 6.45) is 1.23. The molecule has 3 aromatic rings. The lowest BCUT2D eigenvalue weighted by molar-refractivity contribution is -0.116. The molecular formula is C18H13ClFN3O2. The molecule has 7 heteroatoms. The van der Waals surface area contributed by atoms with E-state index in [0.717, 1.165) is 4.57 Å². The standard InChI is InChI=1S/C18H13ClFN3O2/c19-12-5-7-13(8-6-12)22-17(24)10-23-11-21-16(9-18(23)25)14-3-1-2-4-15(14)20/h1-9,11H,10H2,(H,22,24). The van der Waals surface area contributed by atoms with E-state index in [1.54, 1.807) is 36.4 Å². The van der Waals surface area contributed by atoms with Crippen LogP contribution < -0.4 is 10.9 Å². The van der Waals surface area contributed by atoms with Crippen LogP contribution >= 0.6 is 11.6 Å². The molecule has 0 saturated heterocycles. The summed E-state index contributed by atoms with van der Waals surface area (Å²) in [5, 5.41) is 3.21. The van der Waals surface area contributed by atoms with E-state index in [1.165, 1.54) is 24.5 Å². The number of anilines is 1. The topological polar surface area (TPSA) is 64.0 Å². The van der Waals surface area contributed by atoms with Gasteiger partial charge in [-0.15, -0.1) is 0 Å². The third-order valence-corrected chi connectivity index (χ3v) is 3.72. The second-order valence-electron chi connectivity index (χ2n) is 5.28. The first-order chi connectivity index (χ1) is 12.0. The normalized spacial score (nSPS) is 10.5. The van der Waals surface area contributed by atoms with Crippen LogP contribution in [0.25, 0.3) is 11.3 Å². The fourth-order valence-electron chi connectivity index (χ4n) is 2.25. The van der Waals surface area contributed by atoms with Crippen molar-refractivity contribution in [2.75, 3.05) is 5.32 Å². The fraction of sp³-hybridized carbons (Fsp3) is 0.0556. The summed E-state index contributed by atoms with van der Waals surface area (Å²) >= 11 is 5.78. The Morgan fingerprint density at radius 3 is 2.56 bits per heavy atom. The van der Waals surface area contributed by atoms with Crippen LogP contribution in [0.4, 0.5) is 10.1 Å². The number of nitrogens with zero attached hydrogens (tertiary/aromatic N) is 2. The predicted molar refractivity (Wildman–Crippen MR) is 94.0 cm³/mol. The average molecular weight is 358 g/mol. The molecule has 25 heavy (non-hydrogen) atoms. The number of carbonyl (C=O) groups is 1. The first kappa shape index (κ1) is 16.9. The van der Waals surface area contributed by atoms with Crippen LogP contribution in [0.5, 0.6) is 0 Å². The number of halogens is 2. The van der Waals surface area contributed by atoms with Crippen molar-refractivity contribution in [1.82, 2.24) is 9.55 Å². The van der Waals surface area contributed by atoms with E-state index in [4.69, 9.17) is 11.6 Å². The van der Waals surface area contributed by atoms with Gasteiger partial charge in [-0.1, -0.05) is 23.7 Å². The van der Waals surface area contributed by atoms with E-state index < -0.39 is 11.4 Å². The Morgan fingerprint density at radius 1 is 1.16 bits per heavy atom. The second kappa shape index (κ2) is 7.27. The van der Waals surface area contributed by atoms with Crippen LogP contribution in [-0.4, -0.2) is 15.5 Å². The molecule has 0 saturated carbocycles. The van der Waals surface area contributed by atoms with Crippen molar-refractivity contribution in [3.8, 4) is 11.3 Å². The van der Waals surface area contributed by atoms with Crippen LogP contribution in [0.15, 0.2) is 65.7 Å². The van der Waals surface area contributed by atoms with Gasteiger partial charge in [-0.2, -0.15) is 0 Å². The molecule has 1 amide bonds. The number of benzene rings is 2. The first-order valence-electron chi connectivity index (χ1n) is 7.40. The molecule has 0 unspecified atom stereocenters. The summed E-state index contributed by atoms with van der Waals surface area (Å²) in [6, 6.07) is 13.9. The Bertz CT molecular complexity index is 971. The zero-order chi connectivity index (χ0) is 17.8. The Balaban J connectivity index is 1.75. The van der Waals surface area contributed by atoms with Crippen molar-refractivity contribution in [2.24, 2.45) is 0 Å². The summed E-state index contributed by atoms with van der Waals surface area (Å²) in [4.78, 5) is 28.3. The predicted octanol–water partition coefficient (Wildman–Crippen LogP) is 3.34. The monoisotopic (exact) mass is 357 g/mol. The molecule has 0 aliphatic carbocycles. The van der Waals surface area contributed by atoms with E-state index in [0.29, 0.717) is 10.7 Å². The highest BCUT2D eigenvalue weighted by Gasteiger charge is 2.10. The highest BCUT2D eigenvalue weighted by Crippen LogP contribution is 2.18. The lowest BCUT2D eigenvalue weighted by Crippen LogP contribution is -2.27. The van der Waals surface area contributed by atoms with Gasteiger partial charge in [0.05, 0.1) is 12.0 Å². The molecule has 0 spiro atoms. The number of nitrogens with one attached hydrogen (secondary N) is 1. The number of hydrogen-bond donors (Lipinski definition) is 1. The van der Waals surface area contributed by atoms with E-state index in [1.807, 2.05) is 0 Å². The minimum Gasteiger partial charge on any atom is -0.325 e. The van der Waals surface area contributed by atoms with Crippen molar-refractivity contribution in [3.05, 3.63) is 82.1 Å². The summed E-state index contributed by atoms with van der Waals surface area (Å²) in [5.41, 5.74) is 0.577. The number of rotatable bonds is 4. The van der Waals surface area contributed by atoms with E-state index in [9.17, 15) is 14.0 Å². The van der Waals surface area contributed by atoms with Gasteiger partial charge in [0.15, 0.2) is 0 Å². The summed E-state index contributed by atoms with van der Waals surface area (Å²) in [6.45, 7) is -0.202. The van der Waals surface area contributed by atoms with Gasteiger partial charge < -0.3 is 5.32 Å². The van der Waals surface area contributed by atoms with Crippen LogP contribution in [0.1, 0.15) is 0 Å². The summed E-state index contributed by atoms with van der Waals surface area (Å²) < 4.78 is 14.9. The van der Waals surface area contributed by atoms with E-state index in [-0.39, 0.29) is 23.7 Å². The minimum absolute atomic E-state index is 0.202. The lowest BCUT2D eigenvalue weighted by atomic mass is 10.1. The molecule has 2 aromatic carbocycles. The summed E-state index contributed by atoms with van der Waals surface area (Å²) in [7, 11) is 0. The van der Waals surface area contributed by atoms with Crippen molar-refractivity contribution in [2.45, 2.75) is 6.54 Å².